The number of carbonyl (C=O) groups is 2. The molecule has 29 heavy (non-hydrogen) atoms. The number of hydrogen-bond acceptors (Lipinski definition) is 5. The number of halogens is 2. The Bertz CT molecular complexity index is 946. The summed E-state index contributed by atoms with van der Waals surface area (Å²) in [6.07, 6.45) is 1.52. The van der Waals surface area contributed by atoms with E-state index in [1.165, 1.54) is 11.8 Å². The molecule has 2 atom stereocenters. The minimum atomic E-state index is -0.830. The van der Waals surface area contributed by atoms with E-state index >= 15 is 0 Å². The van der Waals surface area contributed by atoms with Gasteiger partial charge in [0, 0.05) is 18.5 Å². The summed E-state index contributed by atoms with van der Waals surface area (Å²) in [5.74, 6) is 0.00320. The molecule has 2 heterocycles. The highest BCUT2D eigenvalue weighted by atomic mass is 35.5. The summed E-state index contributed by atoms with van der Waals surface area (Å²) < 4.78 is 6.42. The number of aliphatic carboxylic acids is 1. The first-order valence-electron chi connectivity index (χ1n) is 9.05. The predicted molar refractivity (Wildman–Crippen MR) is 120 cm³/mol. The second-order valence-electron chi connectivity index (χ2n) is 6.84. The Hall–Kier alpha value is -1.54. The Morgan fingerprint density at radius 3 is 2.76 bits per heavy atom. The highest BCUT2D eigenvalue weighted by Gasteiger charge is 2.37. The van der Waals surface area contributed by atoms with Crippen LogP contribution in [0.5, 0.6) is 0 Å². The lowest BCUT2D eigenvalue weighted by molar-refractivity contribution is -0.141. The van der Waals surface area contributed by atoms with Crippen LogP contribution >= 0.6 is 47.2 Å². The third-order valence-corrected chi connectivity index (χ3v) is 7.02. The van der Waals surface area contributed by atoms with Crippen LogP contribution < -0.4 is 0 Å². The first kappa shape index (κ1) is 22.2. The van der Waals surface area contributed by atoms with E-state index in [2.05, 4.69) is 0 Å². The SMILES string of the molecule is CC(CCCN1C(=O)C(Cc2ccc(-c3ccc(Cl)c(Cl)c3)o2)SC1=S)C(=O)O. The molecule has 1 aromatic heterocycles. The van der Waals surface area contributed by atoms with Gasteiger partial charge < -0.3 is 9.52 Å². The number of carboxylic acids is 1. The molecular formula is C20H19Cl2NO4S2. The average molecular weight is 472 g/mol. The van der Waals surface area contributed by atoms with Gasteiger partial charge in [-0.2, -0.15) is 0 Å². The number of carbonyl (C=O) groups excluding carboxylic acids is 1. The third kappa shape index (κ3) is 5.34. The number of amides is 1. The van der Waals surface area contributed by atoms with Gasteiger partial charge in [0.1, 0.15) is 15.8 Å². The molecule has 1 aromatic carbocycles. The summed E-state index contributed by atoms with van der Waals surface area (Å²) in [6, 6.07) is 8.94. The van der Waals surface area contributed by atoms with Gasteiger partial charge in [-0.3, -0.25) is 14.5 Å². The summed E-state index contributed by atoms with van der Waals surface area (Å²) >= 11 is 18.7. The third-order valence-electron chi connectivity index (χ3n) is 4.70. The van der Waals surface area contributed by atoms with Crippen LogP contribution in [-0.2, 0) is 16.0 Å². The van der Waals surface area contributed by atoms with Crippen molar-refractivity contribution in [3.05, 3.63) is 46.1 Å². The predicted octanol–water partition coefficient (Wildman–Crippen LogP) is 5.53. The minimum Gasteiger partial charge on any atom is -0.481 e. The van der Waals surface area contributed by atoms with E-state index in [1.54, 1.807) is 24.0 Å². The van der Waals surface area contributed by atoms with Crippen LogP contribution in [0, 0.1) is 5.92 Å². The standard InChI is InChI=1S/C20H19Cl2NO4S2/c1-11(19(25)26)3-2-8-23-18(24)17(29-20(23)28)10-13-5-7-16(27-13)12-4-6-14(21)15(22)9-12/h4-7,9,11,17H,2-3,8,10H2,1H3,(H,25,26). The van der Waals surface area contributed by atoms with Crippen molar-refractivity contribution in [2.75, 3.05) is 6.54 Å². The molecule has 0 spiro atoms. The zero-order valence-corrected chi connectivity index (χ0v) is 18.7. The Morgan fingerprint density at radius 1 is 1.31 bits per heavy atom. The molecule has 154 valence electrons. The number of carboxylic acid groups (broad SMARTS) is 1. The van der Waals surface area contributed by atoms with E-state index in [4.69, 9.17) is 44.9 Å². The van der Waals surface area contributed by atoms with E-state index in [9.17, 15) is 9.59 Å². The van der Waals surface area contributed by atoms with Crippen molar-refractivity contribution in [3.63, 3.8) is 0 Å². The van der Waals surface area contributed by atoms with Gasteiger partial charge in [0.15, 0.2) is 0 Å². The maximum absolute atomic E-state index is 12.7. The molecule has 1 N–H and O–H groups in total. The lowest BCUT2D eigenvalue weighted by Crippen LogP contribution is -2.33. The summed E-state index contributed by atoms with van der Waals surface area (Å²) in [6.45, 7) is 2.10. The van der Waals surface area contributed by atoms with Crippen LogP contribution in [0.25, 0.3) is 11.3 Å². The van der Waals surface area contributed by atoms with E-state index in [-0.39, 0.29) is 11.2 Å². The molecular weight excluding hydrogens is 453 g/mol. The minimum absolute atomic E-state index is 0.0598. The molecule has 3 rings (SSSR count). The van der Waals surface area contributed by atoms with Gasteiger partial charge in [0.25, 0.3) is 0 Å². The van der Waals surface area contributed by atoms with Gasteiger partial charge in [0.2, 0.25) is 5.91 Å². The number of furan rings is 1. The molecule has 0 aliphatic carbocycles. The van der Waals surface area contributed by atoms with Crippen molar-refractivity contribution >= 4 is 63.4 Å². The van der Waals surface area contributed by atoms with Crippen molar-refractivity contribution in [1.82, 2.24) is 4.90 Å². The first-order valence-corrected chi connectivity index (χ1v) is 11.1. The summed E-state index contributed by atoms with van der Waals surface area (Å²) in [7, 11) is 0. The molecule has 1 aliphatic rings. The smallest absolute Gasteiger partial charge is 0.306 e. The largest absolute Gasteiger partial charge is 0.481 e. The number of benzene rings is 1. The van der Waals surface area contributed by atoms with E-state index < -0.39 is 11.9 Å². The van der Waals surface area contributed by atoms with Gasteiger partial charge in [-0.25, -0.2) is 0 Å². The number of rotatable bonds is 8. The molecule has 9 heteroatoms. The molecule has 0 saturated carbocycles. The zero-order chi connectivity index (χ0) is 21.1. The van der Waals surface area contributed by atoms with Crippen molar-refractivity contribution in [1.29, 1.82) is 0 Å². The topological polar surface area (TPSA) is 70.8 Å². The number of thiocarbonyl (C=S) groups is 1. The Kier molecular flexibility index (Phi) is 7.27. The Balaban J connectivity index is 1.60. The van der Waals surface area contributed by atoms with Crippen molar-refractivity contribution in [2.45, 2.75) is 31.4 Å². The number of nitrogens with zero attached hydrogens (tertiary/aromatic N) is 1. The quantitative estimate of drug-likeness (QED) is 0.510. The van der Waals surface area contributed by atoms with E-state index in [0.29, 0.717) is 51.7 Å². The van der Waals surface area contributed by atoms with Crippen molar-refractivity contribution in [2.24, 2.45) is 5.92 Å². The van der Waals surface area contributed by atoms with E-state index in [1.807, 2.05) is 18.2 Å². The molecule has 2 unspecified atom stereocenters. The van der Waals surface area contributed by atoms with Crippen LogP contribution in [-0.4, -0.2) is 38.0 Å². The van der Waals surface area contributed by atoms with Crippen LogP contribution in [0.4, 0.5) is 0 Å². The average Bonchev–Trinajstić information content (AvgIpc) is 3.24. The summed E-state index contributed by atoms with van der Waals surface area (Å²) in [5, 5.41) is 9.54. The Labute approximate surface area is 188 Å². The lowest BCUT2D eigenvalue weighted by atomic mass is 10.1. The molecule has 1 aliphatic heterocycles. The van der Waals surface area contributed by atoms with Gasteiger partial charge in [0.05, 0.1) is 21.2 Å². The number of hydrogen-bond donors (Lipinski definition) is 1. The molecule has 1 amide bonds. The van der Waals surface area contributed by atoms with Crippen LogP contribution in [0.3, 0.4) is 0 Å². The van der Waals surface area contributed by atoms with E-state index in [0.717, 1.165) is 5.56 Å². The highest BCUT2D eigenvalue weighted by Crippen LogP contribution is 2.33. The molecule has 5 nitrogen and oxygen atoms in total. The molecule has 0 radical (unpaired) electrons. The maximum atomic E-state index is 12.7. The van der Waals surface area contributed by atoms with Crippen molar-refractivity contribution < 1.29 is 19.1 Å². The first-order chi connectivity index (χ1) is 13.8. The van der Waals surface area contributed by atoms with Gasteiger partial charge in [-0.05, 0) is 43.2 Å². The molecule has 2 aromatic rings. The Morgan fingerprint density at radius 2 is 2.07 bits per heavy atom. The monoisotopic (exact) mass is 471 g/mol. The van der Waals surface area contributed by atoms with Crippen molar-refractivity contribution in [3.8, 4) is 11.3 Å². The fourth-order valence-electron chi connectivity index (χ4n) is 2.98. The molecule has 1 fully saturated rings. The second-order valence-corrected chi connectivity index (χ2v) is 9.49. The van der Waals surface area contributed by atoms with Crippen LogP contribution in [0.15, 0.2) is 34.7 Å². The summed E-state index contributed by atoms with van der Waals surface area (Å²) in [4.78, 5) is 25.2. The molecule has 0 bridgehead atoms. The number of thioether (sulfide) groups is 1. The van der Waals surface area contributed by atoms with Gasteiger partial charge >= 0.3 is 5.97 Å². The second kappa shape index (κ2) is 9.51. The zero-order valence-electron chi connectivity index (χ0n) is 15.6. The fourth-order valence-corrected chi connectivity index (χ4v) is 4.84. The van der Waals surface area contributed by atoms with Gasteiger partial charge in [-0.15, -0.1) is 0 Å². The van der Waals surface area contributed by atoms with Crippen LogP contribution in [0.1, 0.15) is 25.5 Å². The van der Waals surface area contributed by atoms with Gasteiger partial charge in [-0.1, -0.05) is 54.1 Å². The fraction of sp³-hybridized carbons (Fsp3) is 0.350. The highest BCUT2D eigenvalue weighted by molar-refractivity contribution is 8.24. The molecule has 1 saturated heterocycles. The summed E-state index contributed by atoms with van der Waals surface area (Å²) in [5.41, 5.74) is 0.806. The maximum Gasteiger partial charge on any atom is 0.306 e. The van der Waals surface area contributed by atoms with Crippen LogP contribution in [0.2, 0.25) is 10.0 Å². The lowest BCUT2D eigenvalue weighted by Gasteiger charge is -2.16. The normalized spacial score (nSPS) is 17.8.